The maximum atomic E-state index is 11.3. The van der Waals surface area contributed by atoms with E-state index in [-0.39, 0.29) is 5.41 Å². The largest absolute Gasteiger partial charge is 0.477 e. The van der Waals surface area contributed by atoms with Crippen LogP contribution < -0.4 is 4.74 Å². The summed E-state index contributed by atoms with van der Waals surface area (Å²) in [6.07, 6.45) is 6.12. The van der Waals surface area contributed by atoms with E-state index in [1.54, 1.807) is 6.20 Å². The summed E-state index contributed by atoms with van der Waals surface area (Å²) in [6.45, 7) is 2.85. The Morgan fingerprint density at radius 3 is 2.71 bits per heavy atom. The number of aromatic nitrogens is 1. The monoisotopic (exact) mass is 233 g/mol. The molecule has 2 rings (SSSR count). The van der Waals surface area contributed by atoms with Crippen LogP contribution in [0, 0.1) is 5.41 Å². The van der Waals surface area contributed by atoms with Crippen LogP contribution in [0.15, 0.2) is 24.4 Å². The van der Waals surface area contributed by atoms with Gasteiger partial charge in [-0.25, -0.2) is 4.98 Å². The summed E-state index contributed by atoms with van der Waals surface area (Å²) in [6, 6.07) is 5.67. The highest BCUT2D eigenvalue weighted by atomic mass is 16.5. The topological polar surface area (TPSA) is 39.2 Å². The zero-order chi connectivity index (χ0) is 12.1. The molecule has 0 spiro atoms. The van der Waals surface area contributed by atoms with Crippen LogP contribution in [0.3, 0.4) is 0 Å². The van der Waals surface area contributed by atoms with E-state index in [1.807, 2.05) is 18.2 Å². The highest BCUT2D eigenvalue weighted by molar-refractivity contribution is 5.79. The van der Waals surface area contributed by atoms with Crippen molar-refractivity contribution in [1.29, 1.82) is 0 Å². The van der Waals surface area contributed by atoms with Gasteiger partial charge in [-0.3, -0.25) is 4.79 Å². The van der Waals surface area contributed by atoms with Crippen molar-refractivity contribution in [2.75, 3.05) is 6.61 Å². The summed E-state index contributed by atoms with van der Waals surface area (Å²) in [7, 11) is 0. The first-order valence-corrected chi connectivity index (χ1v) is 6.30. The molecule has 0 bridgehead atoms. The Hall–Kier alpha value is -1.38. The molecule has 0 aromatic carbocycles. The highest BCUT2D eigenvalue weighted by Crippen LogP contribution is 2.38. The fourth-order valence-corrected chi connectivity index (χ4v) is 2.32. The van der Waals surface area contributed by atoms with Crippen molar-refractivity contribution < 1.29 is 9.53 Å². The second kappa shape index (κ2) is 5.30. The van der Waals surface area contributed by atoms with Crippen molar-refractivity contribution in [2.24, 2.45) is 5.41 Å². The molecule has 1 aliphatic rings. The highest BCUT2D eigenvalue weighted by Gasteiger charge is 2.33. The van der Waals surface area contributed by atoms with Crippen LogP contribution in [0.4, 0.5) is 0 Å². The molecule has 0 saturated heterocycles. The normalized spacial score (nSPS) is 19.0. The smallest absolute Gasteiger partial charge is 0.213 e. The number of rotatable bonds is 4. The lowest BCUT2D eigenvalue weighted by atomic mass is 9.72. The van der Waals surface area contributed by atoms with Gasteiger partial charge < -0.3 is 4.74 Å². The lowest BCUT2D eigenvalue weighted by Gasteiger charge is -2.35. The number of ketones is 1. The third kappa shape index (κ3) is 3.05. The van der Waals surface area contributed by atoms with Gasteiger partial charge in [-0.05, 0) is 25.3 Å². The lowest BCUT2D eigenvalue weighted by molar-refractivity contribution is -0.123. The molecule has 0 unspecified atom stereocenters. The SMILES string of the molecule is CCC1(COc2ccccn2)CCC(=O)CC1. The van der Waals surface area contributed by atoms with Crippen molar-refractivity contribution in [3.05, 3.63) is 24.4 Å². The minimum absolute atomic E-state index is 0.172. The summed E-state index contributed by atoms with van der Waals surface area (Å²) in [5.74, 6) is 1.07. The number of ether oxygens (including phenoxy) is 1. The van der Waals surface area contributed by atoms with Gasteiger partial charge >= 0.3 is 0 Å². The first-order chi connectivity index (χ1) is 8.24. The van der Waals surface area contributed by atoms with Gasteiger partial charge in [0.15, 0.2) is 0 Å². The molecule has 0 N–H and O–H groups in total. The van der Waals surface area contributed by atoms with Crippen molar-refractivity contribution >= 4 is 5.78 Å². The molecular formula is C14H19NO2. The van der Waals surface area contributed by atoms with Crippen molar-refractivity contribution in [2.45, 2.75) is 39.0 Å². The molecule has 1 aromatic heterocycles. The molecule has 0 amide bonds. The van der Waals surface area contributed by atoms with Crippen molar-refractivity contribution in [1.82, 2.24) is 4.98 Å². The molecule has 1 fully saturated rings. The van der Waals surface area contributed by atoms with Crippen LogP contribution in [-0.2, 0) is 4.79 Å². The summed E-state index contributed by atoms with van der Waals surface area (Å²) in [4.78, 5) is 15.4. The number of pyridine rings is 1. The second-order valence-corrected chi connectivity index (χ2v) is 4.85. The third-order valence-electron chi connectivity index (χ3n) is 3.78. The van der Waals surface area contributed by atoms with Gasteiger partial charge in [-0.2, -0.15) is 0 Å². The Labute approximate surface area is 102 Å². The van der Waals surface area contributed by atoms with Gasteiger partial charge in [0.1, 0.15) is 5.78 Å². The molecule has 0 atom stereocenters. The minimum Gasteiger partial charge on any atom is -0.477 e. The Kier molecular flexibility index (Phi) is 3.77. The number of hydrogen-bond acceptors (Lipinski definition) is 3. The number of carbonyl (C=O) groups is 1. The van der Waals surface area contributed by atoms with Crippen LogP contribution >= 0.6 is 0 Å². The van der Waals surface area contributed by atoms with Crippen LogP contribution in [0.1, 0.15) is 39.0 Å². The van der Waals surface area contributed by atoms with E-state index in [1.165, 1.54) is 0 Å². The fraction of sp³-hybridized carbons (Fsp3) is 0.571. The minimum atomic E-state index is 0.172. The van der Waals surface area contributed by atoms with E-state index in [2.05, 4.69) is 11.9 Å². The Morgan fingerprint density at radius 2 is 2.12 bits per heavy atom. The van der Waals surface area contributed by atoms with E-state index in [4.69, 9.17) is 4.74 Å². The summed E-state index contributed by atoms with van der Waals surface area (Å²) >= 11 is 0. The van der Waals surface area contributed by atoms with Gasteiger partial charge in [0.05, 0.1) is 6.61 Å². The molecule has 1 saturated carbocycles. The van der Waals surface area contributed by atoms with E-state index >= 15 is 0 Å². The van der Waals surface area contributed by atoms with E-state index in [0.29, 0.717) is 31.1 Å². The molecule has 1 aromatic rings. The molecule has 3 heteroatoms. The first-order valence-electron chi connectivity index (χ1n) is 6.30. The molecule has 1 heterocycles. The van der Waals surface area contributed by atoms with E-state index < -0.39 is 0 Å². The molecule has 17 heavy (non-hydrogen) atoms. The number of hydrogen-bond donors (Lipinski definition) is 0. The Bertz CT molecular complexity index is 365. The fourth-order valence-electron chi connectivity index (χ4n) is 2.32. The summed E-state index contributed by atoms with van der Waals surface area (Å²) < 4.78 is 5.75. The summed E-state index contributed by atoms with van der Waals surface area (Å²) in [5, 5.41) is 0. The average Bonchev–Trinajstić information content (AvgIpc) is 2.40. The summed E-state index contributed by atoms with van der Waals surface area (Å²) in [5.41, 5.74) is 0.172. The number of Topliss-reactive ketones (excluding diaryl/α,β-unsaturated/α-hetero) is 1. The van der Waals surface area contributed by atoms with Crippen LogP contribution in [0.2, 0.25) is 0 Å². The lowest BCUT2D eigenvalue weighted by Crippen LogP contribution is -2.33. The first kappa shape index (κ1) is 12.1. The zero-order valence-corrected chi connectivity index (χ0v) is 10.3. The van der Waals surface area contributed by atoms with Crippen LogP contribution in [0.25, 0.3) is 0 Å². The third-order valence-corrected chi connectivity index (χ3v) is 3.78. The van der Waals surface area contributed by atoms with Crippen LogP contribution in [-0.4, -0.2) is 17.4 Å². The Balaban J connectivity index is 1.94. The predicted molar refractivity (Wildman–Crippen MR) is 65.9 cm³/mol. The van der Waals surface area contributed by atoms with Gasteiger partial charge in [0, 0.05) is 30.5 Å². The van der Waals surface area contributed by atoms with Crippen molar-refractivity contribution in [3.63, 3.8) is 0 Å². The molecule has 3 nitrogen and oxygen atoms in total. The zero-order valence-electron chi connectivity index (χ0n) is 10.3. The predicted octanol–water partition coefficient (Wildman–Crippen LogP) is 3.00. The standard InChI is InChI=1S/C14H19NO2/c1-2-14(8-6-12(16)7-9-14)11-17-13-5-3-4-10-15-13/h3-5,10H,2,6-9,11H2,1H3. The second-order valence-electron chi connectivity index (χ2n) is 4.85. The van der Waals surface area contributed by atoms with Gasteiger partial charge in [0.2, 0.25) is 5.88 Å². The molecule has 0 aliphatic heterocycles. The van der Waals surface area contributed by atoms with Gasteiger partial charge in [-0.1, -0.05) is 13.0 Å². The van der Waals surface area contributed by atoms with Crippen molar-refractivity contribution in [3.8, 4) is 5.88 Å². The number of nitrogens with zero attached hydrogens (tertiary/aromatic N) is 1. The molecule has 92 valence electrons. The van der Waals surface area contributed by atoms with Crippen LogP contribution in [0.5, 0.6) is 5.88 Å². The molecule has 0 radical (unpaired) electrons. The van der Waals surface area contributed by atoms with Gasteiger partial charge in [-0.15, -0.1) is 0 Å². The molecular weight excluding hydrogens is 214 g/mol. The van der Waals surface area contributed by atoms with Gasteiger partial charge in [0.25, 0.3) is 0 Å². The van der Waals surface area contributed by atoms with E-state index in [0.717, 1.165) is 19.3 Å². The average molecular weight is 233 g/mol. The molecule has 1 aliphatic carbocycles. The maximum Gasteiger partial charge on any atom is 0.213 e. The van der Waals surface area contributed by atoms with E-state index in [9.17, 15) is 4.79 Å². The quantitative estimate of drug-likeness (QED) is 0.802. The Morgan fingerprint density at radius 1 is 1.35 bits per heavy atom. The number of carbonyl (C=O) groups excluding carboxylic acids is 1. The maximum absolute atomic E-state index is 11.3.